The molecule has 0 aliphatic carbocycles. The predicted molar refractivity (Wildman–Crippen MR) is 79.9 cm³/mol. The van der Waals surface area contributed by atoms with Crippen LogP contribution in [0, 0.1) is 16.0 Å². The summed E-state index contributed by atoms with van der Waals surface area (Å²) in [6, 6.07) is 4.07. The molecule has 116 valence electrons. The second-order valence-electron chi connectivity index (χ2n) is 4.85. The van der Waals surface area contributed by atoms with Crippen molar-refractivity contribution in [3.63, 3.8) is 0 Å². The monoisotopic (exact) mass is 295 g/mol. The van der Waals surface area contributed by atoms with Gasteiger partial charge < -0.3 is 16.2 Å². The van der Waals surface area contributed by atoms with Gasteiger partial charge in [0.05, 0.1) is 16.7 Å². The quantitative estimate of drug-likeness (QED) is 0.402. The first kappa shape index (κ1) is 16.9. The van der Waals surface area contributed by atoms with Gasteiger partial charge >= 0.3 is 0 Å². The van der Waals surface area contributed by atoms with Crippen LogP contribution in [0.3, 0.4) is 0 Å². The van der Waals surface area contributed by atoms with Crippen LogP contribution in [-0.2, 0) is 0 Å². The zero-order valence-electron chi connectivity index (χ0n) is 12.2. The third kappa shape index (κ3) is 4.16. The maximum atomic E-state index is 12.1. The van der Waals surface area contributed by atoms with Crippen LogP contribution in [0.1, 0.15) is 37.0 Å². The maximum Gasteiger partial charge on any atom is 0.284 e. The van der Waals surface area contributed by atoms with Crippen molar-refractivity contribution in [3.8, 4) is 0 Å². The van der Waals surface area contributed by atoms with Crippen molar-refractivity contribution in [2.45, 2.75) is 32.8 Å². The molecule has 1 rings (SSSR count). The number of amides is 1. The number of hydrogen-bond donors (Lipinski definition) is 3. The van der Waals surface area contributed by atoms with E-state index >= 15 is 0 Å². The molecule has 1 atom stereocenters. The van der Waals surface area contributed by atoms with Crippen LogP contribution < -0.4 is 11.1 Å². The third-order valence-corrected chi connectivity index (χ3v) is 3.56. The van der Waals surface area contributed by atoms with Crippen molar-refractivity contribution >= 4 is 17.3 Å². The second-order valence-corrected chi connectivity index (χ2v) is 4.85. The SMILES string of the molecule is CCC(CC)C(O)CNC(=O)c1c(N)cccc1[N+](=O)[O-]. The summed E-state index contributed by atoms with van der Waals surface area (Å²) >= 11 is 0. The number of nitrogen functional groups attached to an aromatic ring is 1. The molecule has 0 saturated heterocycles. The first-order valence-corrected chi connectivity index (χ1v) is 6.91. The molecule has 0 fully saturated rings. The lowest BCUT2D eigenvalue weighted by Gasteiger charge is -2.20. The van der Waals surface area contributed by atoms with E-state index in [4.69, 9.17) is 5.73 Å². The number of benzene rings is 1. The number of nitro benzene ring substituents is 1. The summed E-state index contributed by atoms with van der Waals surface area (Å²) in [7, 11) is 0. The molecule has 7 heteroatoms. The fourth-order valence-corrected chi connectivity index (χ4v) is 2.24. The molecule has 4 N–H and O–H groups in total. The Kier molecular flexibility index (Phi) is 6.10. The van der Waals surface area contributed by atoms with Gasteiger partial charge in [-0.05, 0) is 12.0 Å². The van der Waals surface area contributed by atoms with Crippen LogP contribution in [0.2, 0.25) is 0 Å². The minimum Gasteiger partial charge on any atom is -0.398 e. The zero-order valence-corrected chi connectivity index (χ0v) is 12.2. The van der Waals surface area contributed by atoms with Gasteiger partial charge in [-0.25, -0.2) is 0 Å². The van der Waals surface area contributed by atoms with Crippen LogP contribution in [-0.4, -0.2) is 28.6 Å². The van der Waals surface area contributed by atoms with Crippen LogP contribution in [0.25, 0.3) is 0 Å². The number of nitro groups is 1. The lowest BCUT2D eigenvalue weighted by atomic mass is 9.96. The number of nitrogens with two attached hydrogens (primary N) is 1. The van der Waals surface area contributed by atoms with Gasteiger partial charge in [-0.3, -0.25) is 14.9 Å². The number of anilines is 1. The van der Waals surface area contributed by atoms with E-state index < -0.39 is 16.9 Å². The fourth-order valence-electron chi connectivity index (χ4n) is 2.24. The Morgan fingerprint density at radius 1 is 1.43 bits per heavy atom. The van der Waals surface area contributed by atoms with Gasteiger partial charge in [0.15, 0.2) is 0 Å². The molecule has 1 amide bonds. The van der Waals surface area contributed by atoms with Gasteiger partial charge in [0.1, 0.15) is 5.56 Å². The first-order valence-electron chi connectivity index (χ1n) is 6.91. The van der Waals surface area contributed by atoms with Crippen molar-refractivity contribution < 1.29 is 14.8 Å². The number of hydrogen-bond acceptors (Lipinski definition) is 5. The van der Waals surface area contributed by atoms with Crippen molar-refractivity contribution in [3.05, 3.63) is 33.9 Å². The summed E-state index contributed by atoms with van der Waals surface area (Å²) in [6.07, 6.45) is 0.899. The molecule has 7 nitrogen and oxygen atoms in total. The molecule has 0 aromatic heterocycles. The molecule has 0 heterocycles. The van der Waals surface area contributed by atoms with Crippen molar-refractivity contribution in [2.75, 3.05) is 12.3 Å². The number of nitrogens with one attached hydrogen (secondary N) is 1. The smallest absolute Gasteiger partial charge is 0.284 e. The molecule has 0 radical (unpaired) electrons. The van der Waals surface area contributed by atoms with Crippen molar-refractivity contribution in [1.82, 2.24) is 5.32 Å². The Morgan fingerprint density at radius 2 is 2.05 bits per heavy atom. The van der Waals surface area contributed by atoms with Gasteiger partial charge in [-0.15, -0.1) is 0 Å². The van der Waals surface area contributed by atoms with Crippen molar-refractivity contribution in [1.29, 1.82) is 0 Å². The summed E-state index contributed by atoms with van der Waals surface area (Å²) in [5, 5.41) is 23.4. The highest BCUT2D eigenvalue weighted by molar-refractivity contribution is 6.03. The predicted octanol–water partition coefficient (Wildman–Crippen LogP) is 1.70. The van der Waals surface area contributed by atoms with Crippen LogP contribution in [0.4, 0.5) is 11.4 Å². The Balaban J connectivity index is 2.84. The number of carbonyl (C=O) groups excluding carboxylic acids is 1. The summed E-state index contributed by atoms with van der Waals surface area (Å²) in [5.74, 6) is -0.571. The molecule has 0 bridgehead atoms. The Labute approximate surface area is 123 Å². The number of carbonyl (C=O) groups is 1. The molecular weight excluding hydrogens is 274 g/mol. The van der Waals surface area contributed by atoms with E-state index in [0.717, 1.165) is 12.8 Å². The second kappa shape index (κ2) is 7.58. The Morgan fingerprint density at radius 3 is 2.57 bits per heavy atom. The number of aliphatic hydroxyl groups excluding tert-OH is 1. The zero-order chi connectivity index (χ0) is 16.0. The molecule has 21 heavy (non-hydrogen) atoms. The molecule has 1 aromatic carbocycles. The normalized spacial score (nSPS) is 12.2. The highest BCUT2D eigenvalue weighted by Gasteiger charge is 2.24. The summed E-state index contributed by atoms with van der Waals surface area (Å²) < 4.78 is 0. The van der Waals surface area contributed by atoms with Gasteiger partial charge in [0, 0.05) is 12.6 Å². The highest BCUT2D eigenvalue weighted by atomic mass is 16.6. The van der Waals surface area contributed by atoms with Crippen LogP contribution in [0.5, 0.6) is 0 Å². The summed E-state index contributed by atoms with van der Waals surface area (Å²) in [4.78, 5) is 22.4. The van der Waals surface area contributed by atoms with Crippen molar-refractivity contribution in [2.24, 2.45) is 5.92 Å². The average Bonchev–Trinajstić information content (AvgIpc) is 2.45. The van der Waals surface area contributed by atoms with Gasteiger partial charge in [0.2, 0.25) is 0 Å². The lowest BCUT2D eigenvalue weighted by molar-refractivity contribution is -0.385. The summed E-state index contributed by atoms with van der Waals surface area (Å²) in [6.45, 7) is 3.95. The van der Waals surface area contributed by atoms with Crippen LogP contribution >= 0.6 is 0 Å². The number of nitrogens with zero attached hydrogens (tertiary/aromatic N) is 1. The van der Waals surface area contributed by atoms with Crippen LogP contribution in [0.15, 0.2) is 18.2 Å². The largest absolute Gasteiger partial charge is 0.398 e. The summed E-state index contributed by atoms with van der Waals surface area (Å²) in [5.41, 5.74) is 5.18. The Hall–Kier alpha value is -2.15. The minimum atomic E-state index is -0.687. The van der Waals surface area contributed by atoms with Gasteiger partial charge in [-0.1, -0.05) is 32.8 Å². The topological polar surface area (TPSA) is 118 Å². The number of aliphatic hydroxyl groups is 1. The van der Waals surface area contributed by atoms with E-state index in [1.165, 1.54) is 18.2 Å². The maximum absolute atomic E-state index is 12.1. The molecule has 0 aliphatic rings. The van der Waals surface area contributed by atoms with E-state index in [9.17, 15) is 20.0 Å². The van der Waals surface area contributed by atoms with E-state index in [-0.39, 0.29) is 29.4 Å². The van der Waals surface area contributed by atoms with E-state index in [0.29, 0.717) is 0 Å². The van der Waals surface area contributed by atoms with E-state index in [1.54, 1.807) is 0 Å². The van der Waals surface area contributed by atoms with E-state index in [2.05, 4.69) is 5.32 Å². The highest BCUT2D eigenvalue weighted by Crippen LogP contribution is 2.24. The first-order chi connectivity index (χ1) is 9.92. The fraction of sp³-hybridized carbons (Fsp3) is 0.500. The molecule has 0 spiro atoms. The van der Waals surface area contributed by atoms with Gasteiger partial charge in [0.25, 0.3) is 11.6 Å². The standard InChI is InChI=1S/C14H21N3O4/c1-3-9(4-2)12(18)8-16-14(19)13-10(15)6-5-7-11(13)17(20)21/h5-7,9,12,18H,3-4,8,15H2,1-2H3,(H,16,19). The molecule has 0 aliphatic heterocycles. The lowest BCUT2D eigenvalue weighted by Crippen LogP contribution is -2.36. The number of rotatable bonds is 7. The molecule has 1 unspecified atom stereocenters. The molecular formula is C14H21N3O4. The minimum absolute atomic E-state index is 0.0384. The Bertz CT molecular complexity index is 515. The third-order valence-electron chi connectivity index (χ3n) is 3.56. The van der Waals surface area contributed by atoms with E-state index in [1.807, 2.05) is 13.8 Å². The molecule has 0 saturated carbocycles. The van der Waals surface area contributed by atoms with Gasteiger partial charge in [-0.2, -0.15) is 0 Å². The molecule has 1 aromatic rings. The average molecular weight is 295 g/mol.